The third-order valence-corrected chi connectivity index (χ3v) is 6.52. The lowest BCUT2D eigenvalue weighted by Crippen LogP contribution is -2.05. The maximum atomic E-state index is 13.7. The van der Waals surface area contributed by atoms with Gasteiger partial charge < -0.3 is 14.6 Å². The molecule has 0 fully saturated rings. The van der Waals surface area contributed by atoms with Gasteiger partial charge in [0.05, 0.1) is 32.0 Å². The number of aryl methyl sites for hydroxylation is 2. The van der Waals surface area contributed by atoms with E-state index in [9.17, 15) is 29.5 Å². The maximum absolute atomic E-state index is 13.7. The molecule has 0 aliphatic rings. The van der Waals surface area contributed by atoms with Crippen LogP contribution in [0.1, 0.15) is 27.4 Å². The summed E-state index contributed by atoms with van der Waals surface area (Å²) in [6.07, 6.45) is 0. The van der Waals surface area contributed by atoms with Crippen molar-refractivity contribution in [2.24, 2.45) is 0 Å². The quantitative estimate of drug-likeness (QED) is 0.184. The highest BCUT2D eigenvalue weighted by Crippen LogP contribution is 2.45. The van der Waals surface area contributed by atoms with Crippen molar-refractivity contribution in [2.75, 3.05) is 0 Å². The van der Waals surface area contributed by atoms with Gasteiger partial charge in [-0.15, -0.1) is 0 Å². The van der Waals surface area contributed by atoms with Crippen LogP contribution in [0.3, 0.4) is 0 Å². The molecule has 176 valence electrons. The number of aromatic hydroxyl groups is 2. The molecule has 0 aliphatic heterocycles. The number of hydrogen-bond acceptors (Lipinski definition) is 8. The maximum Gasteiger partial charge on any atom is 0.270 e. The topological polar surface area (TPSA) is 132 Å². The van der Waals surface area contributed by atoms with Crippen LogP contribution < -0.4 is 0 Å². The highest BCUT2D eigenvalue weighted by molar-refractivity contribution is 7.20. The Morgan fingerprint density at radius 2 is 1.86 bits per heavy atom. The van der Waals surface area contributed by atoms with Gasteiger partial charge in [-0.3, -0.25) is 19.5 Å². The Morgan fingerprint density at radius 3 is 2.49 bits per heavy atom. The molecule has 0 radical (unpaired) electrons. The van der Waals surface area contributed by atoms with Gasteiger partial charge in [0.25, 0.3) is 5.69 Å². The second-order valence-electron chi connectivity index (χ2n) is 7.80. The number of fused-ring (bicyclic) bond motifs is 1. The molecule has 0 bridgehead atoms. The van der Waals surface area contributed by atoms with Gasteiger partial charge in [-0.1, -0.05) is 11.3 Å². The number of thiazole rings is 1. The lowest BCUT2D eigenvalue weighted by molar-refractivity contribution is -0.384. The number of carbonyl (C=O) groups is 1. The van der Waals surface area contributed by atoms with E-state index in [1.54, 1.807) is 13.8 Å². The number of benzene rings is 2. The molecule has 2 aromatic carbocycles. The van der Waals surface area contributed by atoms with Crippen molar-refractivity contribution in [3.05, 3.63) is 87.1 Å². The Labute approximate surface area is 200 Å². The minimum atomic E-state index is -0.683. The van der Waals surface area contributed by atoms with E-state index in [0.29, 0.717) is 27.3 Å². The first kappa shape index (κ1) is 22.3. The molecule has 11 heteroatoms. The summed E-state index contributed by atoms with van der Waals surface area (Å²) in [4.78, 5) is 28.6. The van der Waals surface area contributed by atoms with Crippen molar-refractivity contribution in [2.45, 2.75) is 13.8 Å². The lowest BCUT2D eigenvalue weighted by atomic mass is 9.99. The monoisotopic (exact) mass is 493 g/mol. The minimum absolute atomic E-state index is 0.0804. The summed E-state index contributed by atoms with van der Waals surface area (Å²) in [5.74, 6) is -1.64. The molecular formula is C24H16FN3O6S. The summed E-state index contributed by atoms with van der Waals surface area (Å²) < 4.78 is 20.8. The molecule has 0 atom stereocenters. The molecule has 5 aromatic rings. The summed E-state index contributed by atoms with van der Waals surface area (Å²) in [7, 11) is 0. The first-order chi connectivity index (χ1) is 16.7. The smallest absolute Gasteiger partial charge is 0.270 e. The molecule has 35 heavy (non-hydrogen) atoms. The van der Waals surface area contributed by atoms with E-state index in [1.807, 2.05) is 0 Å². The Balaban J connectivity index is 1.80. The SMILES string of the molecule is Cc1cc(C(=O)c2c(O)c(O)n(-c3nc4ccc([N+](=O)[O-])cc4s3)c2-c2ccc(F)cc2)c(C)o1. The fourth-order valence-corrected chi connectivity index (χ4v) is 4.94. The number of aromatic nitrogens is 2. The summed E-state index contributed by atoms with van der Waals surface area (Å²) in [5, 5.41) is 33.1. The number of nitro groups is 1. The fourth-order valence-electron chi connectivity index (χ4n) is 3.93. The highest BCUT2D eigenvalue weighted by Gasteiger charge is 2.32. The molecular weight excluding hydrogens is 477 g/mol. The average molecular weight is 493 g/mol. The van der Waals surface area contributed by atoms with E-state index < -0.39 is 28.2 Å². The van der Waals surface area contributed by atoms with E-state index in [-0.39, 0.29) is 27.6 Å². The second kappa shape index (κ2) is 8.06. The van der Waals surface area contributed by atoms with Gasteiger partial charge in [0, 0.05) is 12.1 Å². The van der Waals surface area contributed by atoms with Crippen molar-refractivity contribution in [3.63, 3.8) is 0 Å². The molecule has 0 saturated carbocycles. The van der Waals surface area contributed by atoms with Gasteiger partial charge >= 0.3 is 0 Å². The fraction of sp³-hybridized carbons (Fsp3) is 0.0833. The summed E-state index contributed by atoms with van der Waals surface area (Å²) in [6, 6.07) is 10.8. The van der Waals surface area contributed by atoms with Crippen molar-refractivity contribution in [1.82, 2.24) is 9.55 Å². The molecule has 5 rings (SSSR count). The third-order valence-electron chi connectivity index (χ3n) is 5.51. The van der Waals surface area contributed by atoms with E-state index >= 15 is 0 Å². The summed E-state index contributed by atoms with van der Waals surface area (Å²) in [5.41, 5.74) is 0.668. The average Bonchev–Trinajstić information content (AvgIpc) is 3.46. The molecule has 2 N–H and O–H groups in total. The molecule has 0 aliphatic carbocycles. The standard InChI is InChI=1S/C24H16FN3O6S/c1-11-9-16(12(2)34-11)21(29)19-20(13-3-5-14(25)6-4-13)27(23(31)22(19)30)24-26-17-8-7-15(28(32)33)10-18(17)35-24/h3-10,30-31H,1-2H3. The number of halogens is 1. The molecule has 0 amide bonds. The number of nitro benzene ring substituents is 1. The van der Waals surface area contributed by atoms with E-state index in [2.05, 4.69) is 4.98 Å². The van der Waals surface area contributed by atoms with Crippen molar-refractivity contribution in [3.8, 4) is 28.0 Å². The van der Waals surface area contributed by atoms with Gasteiger partial charge in [0.15, 0.2) is 10.9 Å². The number of furan rings is 1. The first-order valence-electron chi connectivity index (χ1n) is 10.3. The zero-order chi connectivity index (χ0) is 25.0. The zero-order valence-electron chi connectivity index (χ0n) is 18.3. The number of non-ortho nitro benzene ring substituents is 1. The van der Waals surface area contributed by atoms with Crippen LogP contribution in [0.5, 0.6) is 11.6 Å². The molecule has 0 spiro atoms. The largest absolute Gasteiger partial charge is 0.503 e. The summed E-state index contributed by atoms with van der Waals surface area (Å²) >= 11 is 1.02. The number of rotatable bonds is 5. The molecule has 9 nitrogen and oxygen atoms in total. The van der Waals surface area contributed by atoms with Crippen LogP contribution >= 0.6 is 11.3 Å². The number of hydrogen-bond donors (Lipinski definition) is 2. The summed E-state index contributed by atoms with van der Waals surface area (Å²) in [6.45, 7) is 3.28. The molecule has 3 aromatic heterocycles. The zero-order valence-corrected chi connectivity index (χ0v) is 19.1. The Bertz CT molecular complexity index is 1650. The Hall–Kier alpha value is -4.51. The van der Waals surface area contributed by atoms with E-state index in [1.165, 1.54) is 53.1 Å². The first-order valence-corrected chi connectivity index (χ1v) is 11.1. The number of nitrogens with zero attached hydrogens (tertiary/aromatic N) is 3. The normalized spacial score (nSPS) is 11.3. The number of ketones is 1. The van der Waals surface area contributed by atoms with Crippen LogP contribution in [0.4, 0.5) is 10.1 Å². The van der Waals surface area contributed by atoms with E-state index in [4.69, 9.17) is 4.42 Å². The van der Waals surface area contributed by atoms with Crippen LogP contribution in [0.25, 0.3) is 26.6 Å². The number of carbonyl (C=O) groups excluding carboxylic acids is 1. The predicted octanol–water partition coefficient (Wildman–Crippen LogP) is 5.65. The van der Waals surface area contributed by atoms with Gasteiger partial charge in [0.1, 0.15) is 17.3 Å². The lowest BCUT2D eigenvalue weighted by Gasteiger charge is -2.09. The Kier molecular flexibility index (Phi) is 5.13. The van der Waals surface area contributed by atoms with Crippen LogP contribution in [0, 0.1) is 29.8 Å². The van der Waals surface area contributed by atoms with Crippen molar-refractivity contribution < 1.29 is 28.7 Å². The Morgan fingerprint density at radius 1 is 1.14 bits per heavy atom. The predicted molar refractivity (Wildman–Crippen MR) is 126 cm³/mol. The van der Waals surface area contributed by atoms with Gasteiger partial charge in [0.2, 0.25) is 11.7 Å². The minimum Gasteiger partial charge on any atom is -0.503 e. The van der Waals surface area contributed by atoms with Gasteiger partial charge in [-0.2, -0.15) is 0 Å². The molecule has 0 unspecified atom stereocenters. The highest BCUT2D eigenvalue weighted by atomic mass is 32.1. The van der Waals surface area contributed by atoms with Crippen LogP contribution in [-0.4, -0.2) is 30.5 Å². The molecule has 3 heterocycles. The van der Waals surface area contributed by atoms with Crippen LogP contribution in [0.2, 0.25) is 0 Å². The van der Waals surface area contributed by atoms with Gasteiger partial charge in [-0.05, 0) is 55.8 Å². The second-order valence-corrected chi connectivity index (χ2v) is 8.81. The third kappa shape index (κ3) is 3.62. The van der Waals surface area contributed by atoms with Crippen molar-refractivity contribution >= 4 is 33.0 Å². The van der Waals surface area contributed by atoms with Crippen molar-refractivity contribution in [1.29, 1.82) is 0 Å². The van der Waals surface area contributed by atoms with Crippen LogP contribution in [0.15, 0.2) is 52.9 Å². The van der Waals surface area contributed by atoms with E-state index in [0.717, 1.165) is 11.3 Å². The van der Waals surface area contributed by atoms with Crippen LogP contribution in [-0.2, 0) is 0 Å². The molecule has 0 saturated heterocycles. The van der Waals surface area contributed by atoms with Gasteiger partial charge in [-0.25, -0.2) is 9.37 Å².